The van der Waals surface area contributed by atoms with E-state index in [0.717, 1.165) is 12.0 Å². The molecule has 0 atom stereocenters. The highest BCUT2D eigenvalue weighted by Gasteiger charge is 2.22. The van der Waals surface area contributed by atoms with Crippen LogP contribution in [0.15, 0.2) is 24.3 Å². The number of ether oxygens (including phenoxy) is 1. The van der Waals surface area contributed by atoms with Crippen LogP contribution >= 0.6 is 0 Å². The molecule has 90 valence electrons. The molecular weight excluding hydrogens is 212 g/mol. The molecule has 0 radical (unpaired) electrons. The van der Waals surface area contributed by atoms with Crippen LogP contribution in [0.5, 0.6) is 0 Å². The summed E-state index contributed by atoms with van der Waals surface area (Å²) in [6.07, 6.45) is 5.26. The van der Waals surface area contributed by atoms with Crippen LogP contribution in [0.1, 0.15) is 37.5 Å². The summed E-state index contributed by atoms with van der Waals surface area (Å²) in [6, 6.07) is 6.22. The summed E-state index contributed by atoms with van der Waals surface area (Å²) < 4.78 is 5.29. The number of benzene rings is 1. The normalized spacial score (nSPS) is 13.6. The molecule has 0 heterocycles. The first kappa shape index (κ1) is 11.9. The fraction of sp³-hybridized carbons (Fsp3) is 0.400. The SMILES string of the molecule is CC(C)(C)C(=O)OCc1ccc2c(c1)CC=C2. The zero-order valence-electron chi connectivity index (χ0n) is 10.6. The Balaban J connectivity index is 1.99. The minimum Gasteiger partial charge on any atom is -0.460 e. The molecule has 0 aromatic heterocycles. The molecule has 0 unspecified atom stereocenters. The molecular formula is C15H18O2. The maximum absolute atomic E-state index is 11.6. The second kappa shape index (κ2) is 4.36. The summed E-state index contributed by atoms with van der Waals surface area (Å²) in [5.41, 5.74) is 3.22. The summed E-state index contributed by atoms with van der Waals surface area (Å²) in [4.78, 5) is 11.6. The van der Waals surface area contributed by atoms with Gasteiger partial charge in [-0.25, -0.2) is 0 Å². The quantitative estimate of drug-likeness (QED) is 0.728. The molecule has 2 nitrogen and oxygen atoms in total. The molecule has 0 saturated carbocycles. The fourth-order valence-electron chi connectivity index (χ4n) is 1.77. The van der Waals surface area contributed by atoms with E-state index in [2.05, 4.69) is 24.3 Å². The number of hydrogen-bond acceptors (Lipinski definition) is 2. The summed E-state index contributed by atoms with van der Waals surface area (Å²) in [5.74, 6) is -0.156. The van der Waals surface area contributed by atoms with E-state index in [4.69, 9.17) is 4.74 Å². The molecule has 0 saturated heterocycles. The van der Waals surface area contributed by atoms with E-state index < -0.39 is 5.41 Å². The van der Waals surface area contributed by atoms with E-state index in [9.17, 15) is 4.79 Å². The highest BCUT2D eigenvalue weighted by Crippen LogP contribution is 2.22. The molecule has 0 amide bonds. The Morgan fingerprint density at radius 1 is 1.35 bits per heavy atom. The van der Waals surface area contributed by atoms with E-state index in [1.165, 1.54) is 11.1 Å². The van der Waals surface area contributed by atoms with Crippen molar-refractivity contribution in [3.8, 4) is 0 Å². The van der Waals surface area contributed by atoms with Gasteiger partial charge in [-0.3, -0.25) is 4.79 Å². The van der Waals surface area contributed by atoms with Gasteiger partial charge in [-0.1, -0.05) is 30.4 Å². The van der Waals surface area contributed by atoms with Crippen molar-refractivity contribution in [2.45, 2.75) is 33.8 Å². The third kappa shape index (κ3) is 2.76. The van der Waals surface area contributed by atoms with Gasteiger partial charge in [0.15, 0.2) is 0 Å². The number of carbonyl (C=O) groups excluding carboxylic acids is 1. The minimum atomic E-state index is -0.432. The highest BCUT2D eigenvalue weighted by atomic mass is 16.5. The van der Waals surface area contributed by atoms with Crippen LogP contribution in [0.25, 0.3) is 6.08 Å². The van der Waals surface area contributed by atoms with Gasteiger partial charge in [-0.15, -0.1) is 0 Å². The van der Waals surface area contributed by atoms with Gasteiger partial charge in [0.2, 0.25) is 0 Å². The summed E-state index contributed by atoms with van der Waals surface area (Å²) in [5, 5.41) is 0. The third-order valence-corrected chi connectivity index (χ3v) is 2.82. The Morgan fingerprint density at radius 3 is 2.82 bits per heavy atom. The van der Waals surface area contributed by atoms with Crippen LogP contribution in [-0.4, -0.2) is 5.97 Å². The highest BCUT2D eigenvalue weighted by molar-refractivity contribution is 5.75. The molecule has 0 spiro atoms. The summed E-state index contributed by atoms with van der Waals surface area (Å²) >= 11 is 0. The number of allylic oxidation sites excluding steroid dienone is 1. The molecule has 1 aromatic carbocycles. The van der Waals surface area contributed by atoms with Crippen molar-refractivity contribution in [1.82, 2.24) is 0 Å². The lowest BCUT2D eigenvalue weighted by atomic mass is 9.97. The lowest BCUT2D eigenvalue weighted by Crippen LogP contribution is -2.22. The molecule has 0 aliphatic heterocycles. The predicted molar refractivity (Wildman–Crippen MR) is 68.4 cm³/mol. The third-order valence-electron chi connectivity index (χ3n) is 2.82. The molecule has 1 aromatic rings. The fourth-order valence-corrected chi connectivity index (χ4v) is 1.77. The van der Waals surface area contributed by atoms with Crippen molar-refractivity contribution in [2.75, 3.05) is 0 Å². The van der Waals surface area contributed by atoms with Crippen molar-refractivity contribution in [3.63, 3.8) is 0 Å². The predicted octanol–water partition coefficient (Wildman–Crippen LogP) is 3.35. The average molecular weight is 230 g/mol. The van der Waals surface area contributed by atoms with Gasteiger partial charge in [0, 0.05) is 0 Å². The van der Waals surface area contributed by atoms with Crippen molar-refractivity contribution < 1.29 is 9.53 Å². The Labute approximate surface area is 102 Å². The molecule has 0 bridgehead atoms. The maximum atomic E-state index is 11.6. The van der Waals surface area contributed by atoms with E-state index >= 15 is 0 Å². The Morgan fingerprint density at radius 2 is 2.12 bits per heavy atom. The monoisotopic (exact) mass is 230 g/mol. The molecule has 17 heavy (non-hydrogen) atoms. The second-order valence-corrected chi connectivity index (χ2v) is 5.47. The van der Waals surface area contributed by atoms with Crippen LogP contribution in [0.2, 0.25) is 0 Å². The number of fused-ring (bicyclic) bond motifs is 1. The largest absolute Gasteiger partial charge is 0.460 e. The van der Waals surface area contributed by atoms with Crippen LogP contribution in [-0.2, 0) is 22.6 Å². The average Bonchev–Trinajstić information content (AvgIpc) is 2.71. The van der Waals surface area contributed by atoms with Gasteiger partial charge in [0.1, 0.15) is 6.61 Å². The number of esters is 1. The minimum absolute atomic E-state index is 0.156. The van der Waals surface area contributed by atoms with E-state index in [-0.39, 0.29) is 5.97 Å². The van der Waals surface area contributed by atoms with Crippen molar-refractivity contribution in [3.05, 3.63) is 41.0 Å². The van der Waals surface area contributed by atoms with Gasteiger partial charge in [-0.05, 0) is 43.9 Å². The topological polar surface area (TPSA) is 26.3 Å². The lowest BCUT2D eigenvalue weighted by molar-refractivity contribution is -0.154. The van der Waals surface area contributed by atoms with Crippen LogP contribution in [0.3, 0.4) is 0 Å². The summed E-state index contributed by atoms with van der Waals surface area (Å²) in [6.45, 7) is 5.95. The Bertz CT molecular complexity index is 464. The van der Waals surface area contributed by atoms with Crippen LogP contribution in [0, 0.1) is 5.41 Å². The van der Waals surface area contributed by atoms with Crippen molar-refractivity contribution in [2.24, 2.45) is 5.41 Å². The zero-order valence-corrected chi connectivity index (χ0v) is 10.6. The van der Waals surface area contributed by atoms with Crippen LogP contribution < -0.4 is 0 Å². The molecule has 2 rings (SSSR count). The Kier molecular flexibility index (Phi) is 3.05. The van der Waals surface area contributed by atoms with Crippen LogP contribution in [0.4, 0.5) is 0 Å². The van der Waals surface area contributed by atoms with Gasteiger partial charge in [-0.2, -0.15) is 0 Å². The van der Waals surface area contributed by atoms with Gasteiger partial charge < -0.3 is 4.74 Å². The molecule has 1 aliphatic rings. The number of carbonyl (C=O) groups is 1. The van der Waals surface area contributed by atoms with Gasteiger partial charge in [0.25, 0.3) is 0 Å². The smallest absolute Gasteiger partial charge is 0.311 e. The first-order valence-corrected chi connectivity index (χ1v) is 5.92. The molecule has 0 fully saturated rings. The van der Waals surface area contributed by atoms with E-state index in [0.29, 0.717) is 6.61 Å². The number of hydrogen-bond donors (Lipinski definition) is 0. The van der Waals surface area contributed by atoms with Gasteiger partial charge >= 0.3 is 5.97 Å². The van der Waals surface area contributed by atoms with Crippen molar-refractivity contribution >= 4 is 12.0 Å². The molecule has 0 N–H and O–H groups in total. The van der Waals surface area contributed by atoms with Gasteiger partial charge in [0.05, 0.1) is 5.41 Å². The summed E-state index contributed by atoms with van der Waals surface area (Å²) in [7, 11) is 0. The zero-order chi connectivity index (χ0) is 12.5. The van der Waals surface area contributed by atoms with E-state index in [1.54, 1.807) is 0 Å². The Hall–Kier alpha value is -1.57. The maximum Gasteiger partial charge on any atom is 0.311 e. The molecule has 1 aliphatic carbocycles. The first-order valence-electron chi connectivity index (χ1n) is 5.92. The molecule has 2 heteroatoms. The number of rotatable bonds is 2. The second-order valence-electron chi connectivity index (χ2n) is 5.47. The first-order chi connectivity index (χ1) is 7.97. The van der Waals surface area contributed by atoms with Crippen molar-refractivity contribution in [1.29, 1.82) is 0 Å². The lowest BCUT2D eigenvalue weighted by Gasteiger charge is -2.16. The standard InChI is InChI=1S/C15H18O2/c1-15(2,3)14(16)17-10-11-7-8-12-5-4-6-13(12)9-11/h4-5,7-9H,6,10H2,1-3H3. The van der Waals surface area contributed by atoms with E-state index in [1.807, 2.05) is 26.8 Å².